The van der Waals surface area contributed by atoms with Crippen molar-refractivity contribution < 1.29 is 0 Å². The predicted molar refractivity (Wildman–Crippen MR) is 91.6 cm³/mol. The zero-order chi connectivity index (χ0) is 14.5. The second kappa shape index (κ2) is 6.53. The highest BCUT2D eigenvalue weighted by Crippen LogP contribution is 2.18. The van der Waals surface area contributed by atoms with Crippen LogP contribution < -0.4 is 10.6 Å². The van der Waals surface area contributed by atoms with E-state index < -0.39 is 0 Å². The SMILES string of the molecule is CCc1ccc(NC(=S)Nc2cccc(C)c2C)cc1. The Balaban J connectivity index is 2.03. The summed E-state index contributed by atoms with van der Waals surface area (Å²) in [6.07, 6.45) is 1.05. The molecule has 0 aliphatic carbocycles. The van der Waals surface area contributed by atoms with Gasteiger partial charge in [-0.25, -0.2) is 0 Å². The molecule has 0 atom stereocenters. The van der Waals surface area contributed by atoms with E-state index in [0.717, 1.165) is 17.8 Å². The Kier molecular flexibility index (Phi) is 4.74. The average Bonchev–Trinajstić information content (AvgIpc) is 2.45. The van der Waals surface area contributed by atoms with Crippen molar-refractivity contribution >= 4 is 28.7 Å². The Bertz CT molecular complexity index is 603. The van der Waals surface area contributed by atoms with Crippen molar-refractivity contribution in [2.45, 2.75) is 27.2 Å². The third-order valence-electron chi connectivity index (χ3n) is 3.47. The fraction of sp³-hybridized carbons (Fsp3) is 0.235. The summed E-state index contributed by atoms with van der Waals surface area (Å²) in [6.45, 7) is 6.34. The van der Waals surface area contributed by atoms with E-state index in [0.29, 0.717) is 5.11 Å². The van der Waals surface area contributed by atoms with E-state index in [1.807, 2.05) is 12.1 Å². The van der Waals surface area contributed by atoms with Crippen molar-refractivity contribution in [1.82, 2.24) is 0 Å². The van der Waals surface area contributed by atoms with E-state index in [1.54, 1.807) is 0 Å². The molecular formula is C17H20N2S. The van der Waals surface area contributed by atoms with Gasteiger partial charge in [0, 0.05) is 11.4 Å². The standard InChI is InChI=1S/C17H20N2S/c1-4-14-8-10-15(11-9-14)18-17(20)19-16-7-5-6-12(2)13(16)3/h5-11H,4H2,1-3H3,(H2,18,19,20). The number of hydrogen-bond acceptors (Lipinski definition) is 1. The second-order valence-electron chi connectivity index (χ2n) is 4.88. The predicted octanol–water partition coefficient (Wildman–Crippen LogP) is 4.67. The third kappa shape index (κ3) is 3.58. The largest absolute Gasteiger partial charge is 0.332 e. The number of nitrogens with one attached hydrogen (secondary N) is 2. The maximum Gasteiger partial charge on any atom is 0.175 e. The fourth-order valence-corrected chi connectivity index (χ4v) is 2.22. The summed E-state index contributed by atoms with van der Waals surface area (Å²) in [5.74, 6) is 0. The van der Waals surface area contributed by atoms with Crippen molar-refractivity contribution in [3.8, 4) is 0 Å². The van der Waals surface area contributed by atoms with Gasteiger partial charge >= 0.3 is 0 Å². The molecule has 2 rings (SSSR count). The van der Waals surface area contributed by atoms with E-state index in [1.165, 1.54) is 16.7 Å². The molecule has 0 radical (unpaired) electrons. The summed E-state index contributed by atoms with van der Waals surface area (Å²) in [6, 6.07) is 14.5. The lowest BCUT2D eigenvalue weighted by atomic mass is 10.1. The highest BCUT2D eigenvalue weighted by molar-refractivity contribution is 7.80. The van der Waals surface area contributed by atoms with Crippen LogP contribution >= 0.6 is 12.2 Å². The number of anilines is 2. The summed E-state index contributed by atoms with van der Waals surface area (Å²) < 4.78 is 0. The average molecular weight is 284 g/mol. The summed E-state index contributed by atoms with van der Waals surface area (Å²) >= 11 is 5.36. The molecule has 104 valence electrons. The van der Waals surface area contributed by atoms with Gasteiger partial charge in [0.05, 0.1) is 0 Å². The van der Waals surface area contributed by atoms with Crippen LogP contribution in [0.25, 0.3) is 0 Å². The van der Waals surface area contributed by atoms with Crippen LogP contribution in [0.15, 0.2) is 42.5 Å². The minimum Gasteiger partial charge on any atom is -0.332 e. The van der Waals surface area contributed by atoms with Crippen LogP contribution in [0.5, 0.6) is 0 Å². The van der Waals surface area contributed by atoms with Crippen molar-refractivity contribution in [3.05, 3.63) is 59.2 Å². The monoisotopic (exact) mass is 284 g/mol. The van der Waals surface area contributed by atoms with E-state index in [9.17, 15) is 0 Å². The van der Waals surface area contributed by atoms with Gasteiger partial charge in [-0.15, -0.1) is 0 Å². The first-order chi connectivity index (χ1) is 9.60. The minimum absolute atomic E-state index is 0.614. The van der Waals surface area contributed by atoms with E-state index in [2.05, 4.69) is 61.7 Å². The molecule has 0 unspecified atom stereocenters. The van der Waals surface area contributed by atoms with Gasteiger partial charge in [0.1, 0.15) is 0 Å². The van der Waals surface area contributed by atoms with Crippen LogP contribution in [0.1, 0.15) is 23.6 Å². The van der Waals surface area contributed by atoms with E-state index in [4.69, 9.17) is 12.2 Å². The van der Waals surface area contributed by atoms with Crippen LogP contribution in [0.2, 0.25) is 0 Å². The van der Waals surface area contributed by atoms with Crippen molar-refractivity contribution in [2.75, 3.05) is 10.6 Å². The number of hydrogen-bond donors (Lipinski definition) is 2. The highest BCUT2D eigenvalue weighted by Gasteiger charge is 2.03. The van der Waals surface area contributed by atoms with Gasteiger partial charge < -0.3 is 10.6 Å². The van der Waals surface area contributed by atoms with Gasteiger partial charge in [-0.1, -0.05) is 31.2 Å². The molecular weight excluding hydrogens is 264 g/mol. The first kappa shape index (κ1) is 14.5. The first-order valence-electron chi connectivity index (χ1n) is 6.83. The molecule has 2 aromatic rings. The van der Waals surface area contributed by atoms with E-state index >= 15 is 0 Å². The van der Waals surface area contributed by atoms with Gasteiger partial charge in [0.2, 0.25) is 0 Å². The quantitative estimate of drug-likeness (QED) is 0.801. The van der Waals surface area contributed by atoms with Gasteiger partial charge in [-0.05, 0) is 67.4 Å². The molecule has 0 aromatic heterocycles. The van der Waals surface area contributed by atoms with Crippen molar-refractivity contribution in [2.24, 2.45) is 0 Å². The Morgan fingerprint density at radius 3 is 2.35 bits per heavy atom. The highest BCUT2D eigenvalue weighted by atomic mass is 32.1. The lowest BCUT2D eigenvalue weighted by Gasteiger charge is -2.14. The van der Waals surface area contributed by atoms with Gasteiger partial charge in [0.25, 0.3) is 0 Å². The van der Waals surface area contributed by atoms with Gasteiger partial charge in [-0.3, -0.25) is 0 Å². The Morgan fingerprint density at radius 2 is 1.70 bits per heavy atom. The zero-order valence-corrected chi connectivity index (χ0v) is 13.0. The fourth-order valence-electron chi connectivity index (χ4n) is 1.99. The summed E-state index contributed by atoms with van der Waals surface area (Å²) in [5, 5.41) is 7.07. The van der Waals surface area contributed by atoms with Crippen LogP contribution in [0.4, 0.5) is 11.4 Å². The number of rotatable bonds is 3. The minimum atomic E-state index is 0.614. The Labute approximate surface area is 126 Å². The summed E-state index contributed by atoms with van der Waals surface area (Å²) in [4.78, 5) is 0. The van der Waals surface area contributed by atoms with Gasteiger partial charge in [-0.2, -0.15) is 0 Å². The summed E-state index contributed by atoms with van der Waals surface area (Å²) in [7, 11) is 0. The molecule has 2 N–H and O–H groups in total. The Hall–Kier alpha value is -1.87. The normalized spacial score (nSPS) is 10.2. The maximum atomic E-state index is 5.36. The molecule has 0 amide bonds. The second-order valence-corrected chi connectivity index (χ2v) is 5.29. The van der Waals surface area contributed by atoms with Crippen LogP contribution in [0.3, 0.4) is 0 Å². The number of thiocarbonyl (C=S) groups is 1. The van der Waals surface area contributed by atoms with E-state index in [-0.39, 0.29) is 0 Å². The lowest BCUT2D eigenvalue weighted by molar-refractivity contribution is 1.14. The number of aryl methyl sites for hydroxylation is 2. The van der Waals surface area contributed by atoms with Crippen molar-refractivity contribution in [1.29, 1.82) is 0 Å². The molecule has 0 spiro atoms. The topological polar surface area (TPSA) is 24.1 Å². The Morgan fingerprint density at radius 1 is 1.00 bits per heavy atom. The molecule has 2 aromatic carbocycles. The smallest absolute Gasteiger partial charge is 0.175 e. The van der Waals surface area contributed by atoms with Crippen LogP contribution in [-0.2, 0) is 6.42 Å². The molecule has 3 heteroatoms. The van der Waals surface area contributed by atoms with Crippen LogP contribution in [0, 0.1) is 13.8 Å². The molecule has 0 bridgehead atoms. The molecule has 0 heterocycles. The lowest BCUT2D eigenvalue weighted by Crippen LogP contribution is -2.19. The summed E-state index contributed by atoms with van der Waals surface area (Å²) in [5.41, 5.74) is 5.85. The molecule has 20 heavy (non-hydrogen) atoms. The molecule has 0 saturated heterocycles. The molecule has 2 nitrogen and oxygen atoms in total. The molecule has 0 saturated carbocycles. The van der Waals surface area contributed by atoms with Gasteiger partial charge in [0.15, 0.2) is 5.11 Å². The molecule has 0 aliphatic rings. The van der Waals surface area contributed by atoms with Crippen molar-refractivity contribution in [3.63, 3.8) is 0 Å². The first-order valence-corrected chi connectivity index (χ1v) is 7.24. The third-order valence-corrected chi connectivity index (χ3v) is 3.68. The number of benzene rings is 2. The molecule has 0 fully saturated rings. The zero-order valence-electron chi connectivity index (χ0n) is 12.2. The van der Waals surface area contributed by atoms with Crippen LogP contribution in [-0.4, -0.2) is 5.11 Å². The molecule has 0 aliphatic heterocycles. The maximum absolute atomic E-state index is 5.36.